The molecule has 0 atom stereocenters. The molecule has 0 aromatic carbocycles. The first-order valence-corrected chi connectivity index (χ1v) is 6.59. The molecule has 0 spiro atoms. The molecular formula is C12H18N4O3. The van der Waals surface area contributed by atoms with Gasteiger partial charge >= 0.3 is 0 Å². The van der Waals surface area contributed by atoms with Gasteiger partial charge < -0.3 is 24.5 Å². The molecule has 0 aliphatic carbocycles. The molecule has 104 valence electrons. The number of ether oxygens (including phenoxy) is 2. The van der Waals surface area contributed by atoms with Gasteiger partial charge in [0.25, 0.3) is 0 Å². The second-order valence-corrected chi connectivity index (χ2v) is 4.65. The topological polar surface area (TPSA) is 64.8 Å². The van der Waals surface area contributed by atoms with Crippen molar-refractivity contribution in [1.82, 2.24) is 5.10 Å². The molecule has 0 N–H and O–H groups in total. The molecule has 19 heavy (non-hydrogen) atoms. The highest BCUT2D eigenvalue weighted by Crippen LogP contribution is 2.28. The molecule has 0 bridgehead atoms. The Balaban J connectivity index is 1.88. The standard InChI is InChI=1S/C12H18N4O3/c17-16-10-12(15-3-7-19-8-4-15)11(9-13-16)14-1-5-18-6-2-14/h9-10H,1-8H2. The molecule has 3 heterocycles. The first kappa shape index (κ1) is 12.4. The van der Waals surface area contributed by atoms with Gasteiger partial charge in [0.1, 0.15) is 11.9 Å². The molecule has 3 rings (SSSR count). The highest BCUT2D eigenvalue weighted by atomic mass is 16.5. The lowest BCUT2D eigenvalue weighted by molar-refractivity contribution is -0.668. The number of hydrogen-bond donors (Lipinski definition) is 0. The van der Waals surface area contributed by atoms with Crippen molar-refractivity contribution >= 4 is 11.4 Å². The molecule has 0 amide bonds. The SMILES string of the molecule is [O-][n+]1cc(N2CCOCC2)c(N2CCOCC2)cn1. The number of anilines is 2. The highest BCUT2D eigenvalue weighted by Gasteiger charge is 2.23. The Kier molecular flexibility index (Phi) is 3.65. The Hall–Kier alpha value is -1.60. The van der Waals surface area contributed by atoms with Gasteiger partial charge in [-0.1, -0.05) is 4.85 Å². The van der Waals surface area contributed by atoms with E-state index < -0.39 is 0 Å². The first-order chi connectivity index (χ1) is 9.34. The first-order valence-electron chi connectivity index (χ1n) is 6.59. The number of aromatic nitrogens is 2. The number of rotatable bonds is 2. The zero-order valence-electron chi connectivity index (χ0n) is 10.8. The normalized spacial score (nSPS) is 20.6. The summed E-state index contributed by atoms with van der Waals surface area (Å²) in [5.74, 6) is 0. The van der Waals surface area contributed by atoms with Gasteiger partial charge in [0.05, 0.1) is 32.1 Å². The van der Waals surface area contributed by atoms with Crippen LogP contribution in [-0.2, 0) is 9.47 Å². The quantitative estimate of drug-likeness (QED) is 0.525. The Morgan fingerprint density at radius 2 is 1.47 bits per heavy atom. The van der Waals surface area contributed by atoms with Crippen molar-refractivity contribution in [3.63, 3.8) is 0 Å². The summed E-state index contributed by atoms with van der Waals surface area (Å²) < 4.78 is 10.7. The van der Waals surface area contributed by atoms with Gasteiger partial charge in [0.15, 0.2) is 0 Å². The van der Waals surface area contributed by atoms with Crippen LogP contribution in [0.25, 0.3) is 0 Å². The number of nitrogens with zero attached hydrogens (tertiary/aromatic N) is 4. The number of morpholine rings is 2. The lowest BCUT2D eigenvalue weighted by atomic mass is 10.2. The van der Waals surface area contributed by atoms with E-state index >= 15 is 0 Å². The Labute approximate surface area is 111 Å². The van der Waals surface area contributed by atoms with Crippen molar-refractivity contribution in [1.29, 1.82) is 0 Å². The van der Waals surface area contributed by atoms with Crippen LogP contribution >= 0.6 is 0 Å². The van der Waals surface area contributed by atoms with E-state index in [0.717, 1.165) is 50.8 Å². The maximum absolute atomic E-state index is 11.5. The molecule has 2 aliphatic heterocycles. The molecule has 1 aromatic heterocycles. The lowest BCUT2D eigenvalue weighted by Gasteiger charge is -2.34. The number of hydrogen-bond acceptors (Lipinski definition) is 6. The molecule has 7 heteroatoms. The highest BCUT2D eigenvalue weighted by molar-refractivity contribution is 5.69. The average Bonchev–Trinajstić information content (AvgIpc) is 2.49. The lowest BCUT2D eigenvalue weighted by Crippen LogP contribution is -2.43. The fourth-order valence-electron chi connectivity index (χ4n) is 2.48. The van der Waals surface area contributed by atoms with Crippen LogP contribution < -0.4 is 14.6 Å². The van der Waals surface area contributed by atoms with Crippen molar-refractivity contribution in [2.24, 2.45) is 0 Å². The molecule has 0 unspecified atom stereocenters. The minimum atomic E-state index is 0.620. The van der Waals surface area contributed by atoms with Crippen molar-refractivity contribution in [3.8, 4) is 0 Å². The van der Waals surface area contributed by atoms with Gasteiger partial charge in [-0.3, -0.25) is 0 Å². The van der Waals surface area contributed by atoms with Gasteiger partial charge in [-0.15, -0.1) is 0 Å². The van der Waals surface area contributed by atoms with Crippen LogP contribution in [0.5, 0.6) is 0 Å². The summed E-state index contributed by atoms with van der Waals surface area (Å²) in [6.07, 6.45) is 3.21. The molecule has 2 saturated heterocycles. The zero-order chi connectivity index (χ0) is 13.1. The van der Waals surface area contributed by atoms with Crippen molar-refractivity contribution < 1.29 is 14.3 Å². The van der Waals surface area contributed by atoms with Crippen molar-refractivity contribution in [2.75, 3.05) is 62.4 Å². The third kappa shape index (κ3) is 2.71. The van der Waals surface area contributed by atoms with E-state index in [9.17, 15) is 5.21 Å². The predicted molar refractivity (Wildman–Crippen MR) is 69.3 cm³/mol. The Morgan fingerprint density at radius 3 is 2.05 bits per heavy atom. The third-order valence-electron chi connectivity index (χ3n) is 3.49. The van der Waals surface area contributed by atoms with Gasteiger partial charge in [-0.05, 0) is 0 Å². The minimum absolute atomic E-state index is 0.620. The zero-order valence-corrected chi connectivity index (χ0v) is 10.8. The maximum atomic E-state index is 11.5. The predicted octanol–water partition coefficient (Wildman–Crippen LogP) is -0.612. The van der Waals surface area contributed by atoms with E-state index in [1.165, 1.54) is 0 Å². The van der Waals surface area contributed by atoms with Crippen LogP contribution in [0.1, 0.15) is 0 Å². The Bertz CT molecular complexity index is 431. The fraction of sp³-hybridized carbons (Fsp3) is 0.667. The fourth-order valence-corrected chi connectivity index (χ4v) is 2.48. The summed E-state index contributed by atoms with van der Waals surface area (Å²) in [4.78, 5) is 5.03. The van der Waals surface area contributed by atoms with Gasteiger partial charge in [-0.25, -0.2) is 0 Å². The van der Waals surface area contributed by atoms with E-state index in [-0.39, 0.29) is 0 Å². The van der Waals surface area contributed by atoms with Crippen LogP contribution in [0.3, 0.4) is 0 Å². The largest absolute Gasteiger partial charge is 0.594 e. The summed E-state index contributed by atoms with van der Waals surface area (Å²) >= 11 is 0. The molecule has 0 saturated carbocycles. The summed E-state index contributed by atoms with van der Waals surface area (Å²) in [5, 5.41) is 15.3. The van der Waals surface area contributed by atoms with Crippen molar-refractivity contribution in [2.45, 2.75) is 0 Å². The summed E-state index contributed by atoms with van der Waals surface area (Å²) in [6.45, 7) is 6.11. The van der Waals surface area contributed by atoms with Crippen LogP contribution in [-0.4, -0.2) is 57.7 Å². The molecule has 7 nitrogen and oxygen atoms in total. The minimum Gasteiger partial charge on any atom is -0.594 e. The van der Waals surface area contributed by atoms with Crippen LogP contribution in [0, 0.1) is 5.21 Å². The van der Waals surface area contributed by atoms with Crippen LogP contribution in [0.15, 0.2) is 12.4 Å². The van der Waals surface area contributed by atoms with Crippen molar-refractivity contribution in [3.05, 3.63) is 17.6 Å². The molecule has 1 aromatic rings. The van der Waals surface area contributed by atoms with Crippen LogP contribution in [0.4, 0.5) is 11.4 Å². The molecule has 2 aliphatic rings. The molecular weight excluding hydrogens is 248 g/mol. The van der Waals surface area contributed by atoms with E-state index in [1.807, 2.05) is 0 Å². The monoisotopic (exact) mass is 266 g/mol. The maximum Gasteiger partial charge on any atom is 0.235 e. The van der Waals surface area contributed by atoms with Crippen LogP contribution in [0.2, 0.25) is 0 Å². The second kappa shape index (κ2) is 5.58. The van der Waals surface area contributed by atoms with E-state index in [4.69, 9.17) is 9.47 Å². The van der Waals surface area contributed by atoms with E-state index in [0.29, 0.717) is 18.1 Å². The average molecular weight is 266 g/mol. The van der Waals surface area contributed by atoms with E-state index in [2.05, 4.69) is 14.9 Å². The van der Waals surface area contributed by atoms with Gasteiger partial charge in [0.2, 0.25) is 6.20 Å². The summed E-state index contributed by atoms with van der Waals surface area (Å²) in [6, 6.07) is 0. The smallest absolute Gasteiger partial charge is 0.235 e. The molecule has 2 fully saturated rings. The van der Waals surface area contributed by atoms with Gasteiger partial charge in [-0.2, -0.15) is 0 Å². The third-order valence-corrected chi connectivity index (χ3v) is 3.49. The summed E-state index contributed by atoms with van der Waals surface area (Å²) in [7, 11) is 0. The van der Waals surface area contributed by atoms with Gasteiger partial charge in [0, 0.05) is 31.3 Å². The molecule has 0 radical (unpaired) electrons. The Morgan fingerprint density at radius 1 is 0.947 bits per heavy atom. The second-order valence-electron chi connectivity index (χ2n) is 4.65. The van der Waals surface area contributed by atoms with E-state index in [1.54, 1.807) is 12.4 Å². The summed E-state index contributed by atoms with van der Waals surface area (Å²) in [5.41, 5.74) is 1.95.